The summed E-state index contributed by atoms with van der Waals surface area (Å²) in [5.41, 5.74) is 2.07. The van der Waals surface area contributed by atoms with Crippen molar-refractivity contribution in [2.75, 3.05) is 29.9 Å². The average Bonchev–Trinajstić information content (AvgIpc) is 2.45. The minimum atomic E-state index is -0.186. The van der Waals surface area contributed by atoms with E-state index in [-0.39, 0.29) is 11.4 Å². The molecule has 0 unspecified atom stereocenters. The zero-order valence-corrected chi connectivity index (χ0v) is 14.3. The second-order valence-corrected chi connectivity index (χ2v) is 7.37. The number of hydrogen-bond acceptors (Lipinski definition) is 3. The van der Waals surface area contributed by atoms with E-state index < -0.39 is 0 Å². The molecule has 1 amide bonds. The SMILES string of the molecule is CC1CCN(c2ccc(NCC(=O)NC(C)(C)C)cc2)CC1. The summed E-state index contributed by atoms with van der Waals surface area (Å²) in [5, 5.41) is 6.12. The van der Waals surface area contributed by atoms with Gasteiger partial charge in [0.2, 0.25) is 5.91 Å². The van der Waals surface area contributed by atoms with Gasteiger partial charge in [-0.1, -0.05) is 6.92 Å². The molecular weight excluding hydrogens is 274 g/mol. The molecule has 2 N–H and O–H groups in total. The van der Waals surface area contributed by atoms with E-state index in [0.717, 1.165) is 24.7 Å². The number of carbonyl (C=O) groups is 1. The third-order valence-electron chi connectivity index (χ3n) is 3.98. The molecule has 1 aliphatic rings. The van der Waals surface area contributed by atoms with Gasteiger partial charge in [-0.2, -0.15) is 0 Å². The van der Waals surface area contributed by atoms with Crippen LogP contribution in [0.2, 0.25) is 0 Å². The van der Waals surface area contributed by atoms with Gasteiger partial charge in [-0.15, -0.1) is 0 Å². The molecule has 22 heavy (non-hydrogen) atoms. The quantitative estimate of drug-likeness (QED) is 0.897. The fraction of sp³-hybridized carbons (Fsp3) is 0.611. The van der Waals surface area contributed by atoms with Crippen molar-refractivity contribution in [1.82, 2.24) is 5.32 Å². The minimum absolute atomic E-state index is 0.0154. The number of piperidine rings is 1. The smallest absolute Gasteiger partial charge is 0.239 e. The van der Waals surface area contributed by atoms with Crippen LogP contribution in [-0.4, -0.2) is 31.1 Å². The van der Waals surface area contributed by atoms with E-state index in [0.29, 0.717) is 6.54 Å². The van der Waals surface area contributed by atoms with Gasteiger partial charge in [0.15, 0.2) is 0 Å². The van der Waals surface area contributed by atoms with E-state index in [1.54, 1.807) is 0 Å². The highest BCUT2D eigenvalue weighted by molar-refractivity contribution is 5.81. The van der Waals surface area contributed by atoms with E-state index in [2.05, 4.69) is 46.7 Å². The molecule has 0 spiro atoms. The Balaban J connectivity index is 1.83. The van der Waals surface area contributed by atoms with Crippen LogP contribution in [0, 0.1) is 5.92 Å². The Labute approximate surface area is 134 Å². The fourth-order valence-electron chi connectivity index (χ4n) is 2.70. The molecule has 0 saturated carbocycles. The lowest BCUT2D eigenvalue weighted by atomic mass is 9.99. The van der Waals surface area contributed by atoms with Crippen LogP contribution in [0.25, 0.3) is 0 Å². The van der Waals surface area contributed by atoms with E-state index in [4.69, 9.17) is 0 Å². The highest BCUT2D eigenvalue weighted by Crippen LogP contribution is 2.24. The maximum atomic E-state index is 11.8. The van der Waals surface area contributed by atoms with Crippen LogP contribution in [0.15, 0.2) is 24.3 Å². The van der Waals surface area contributed by atoms with Crippen molar-refractivity contribution in [3.8, 4) is 0 Å². The van der Waals surface area contributed by atoms with Crippen LogP contribution in [0.3, 0.4) is 0 Å². The Kier molecular flexibility index (Phi) is 5.33. The number of benzene rings is 1. The van der Waals surface area contributed by atoms with Gasteiger partial charge in [0, 0.05) is 30.0 Å². The summed E-state index contributed by atoms with van der Waals surface area (Å²) in [6.45, 7) is 10.9. The summed E-state index contributed by atoms with van der Waals surface area (Å²) in [7, 11) is 0. The molecule has 0 radical (unpaired) electrons. The maximum absolute atomic E-state index is 11.8. The number of nitrogens with one attached hydrogen (secondary N) is 2. The molecule has 122 valence electrons. The molecule has 1 fully saturated rings. The normalized spacial score (nSPS) is 16.5. The Bertz CT molecular complexity index is 482. The average molecular weight is 303 g/mol. The second kappa shape index (κ2) is 7.03. The highest BCUT2D eigenvalue weighted by Gasteiger charge is 2.16. The van der Waals surface area contributed by atoms with E-state index in [9.17, 15) is 4.79 Å². The Morgan fingerprint density at radius 3 is 2.32 bits per heavy atom. The first-order valence-electron chi connectivity index (χ1n) is 8.23. The summed E-state index contributed by atoms with van der Waals surface area (Å²) in [5.74, 6) is 0.861. The molecule has 0 atom stereocenters. The van der Waals surface area contributed by atoms with Crippen molar-refractivity contribution in [1.29, 1.82) is 0 Å². The third kappa shape index (κ3) is 5.24. The summed E-state index contributed by atoms with van der Waals surface area (Å²) in [6, 6.07) is 8.38. The van der Waals surface area contributed by atoms with Gasteiger partial charge < -0.3 is 15.5 Å². The molecule has 1 heterocycles. The predicted octanol–water partition coefficient (Wildman–Crippen LogP) is 3.25. The molecule has 1 saturated heterocycles. The Morgan fingerprint density at radius 1 is 1.18 bits per heavy atom. The number of nitrogens with zero attached hydrogens (tertiary/aromatic N) is 1. The molecule has 0 aromatic heterocycles. The maximum Gasteiger partial charge on any atom is 0.239 e. The molecule has 1 aromatic rings. The molecule has 0 bridgehead atoms. The first-order chi connectivity index (χ1) is 10.3. The lowest BCUT2D eigenvalue weighted by Gasteiger charge is -2.32. The molecule has 1 aromatic carbocycles. The van der Waals surface area contributed by atoms with Crippen LogP contribution in [0.1, 0.15) is 40.5 Å². The van der Waals surface area contributed by atoms with Gasteiger partial charge >= 0.3 is 0 Å². The summed E-state index contributed by atoms with van der Waals surface area (Å²) in [4.78, 5) is 14.2. The van der Waals surface area contributed by atoms with Crippen LogP contribution in [-0.2, 0) is 4.79 Å². The topological polar surface area (TPSA) is 44.4 Å². The number of anilines is 2. The Hall–Kier alpha value is -1.71. The number of rotatable bonds is 4. The standard InChI is InChI=1S/C18H29N3O/c1-14-9-11-21(12-10-14)16-7-5-15(6-8-16)19-13-17(22)20-18(2,3)4/h5-8,14,19H,9-13H2,1-4H3,(H,20,22). The first-order valence-corrected chi connectivity index (χ1v) is 8.23. The van der Waals surface area contributed by atoms with Gasteiger partial charge in [0.05, 0.1) is 6.54 Å². The van der Waals surface area contributed by atoms with Gasteiger partial charge in [0.1, 0.15) is 0 Å². The molecular formula is C18H29N3O. The summed E-state index contributed by atoms with van der Waals surface area (Å²) >= 11 is 0. The van der Waals surface area contributed by atoms with Crippen LogP contribution in [0.5, 0.6) is 0 Å². The van der Waals surface area contributed by atoms with Crippen molar-refractivity contribution in [3.63, 3.8) is 0 Å². The van der Waals surface area contributed by atoms with E-state index in [1.165, 1.54) is 18.5 Å². The zero-order chi connectivity index (χ0) is 16.2. The molecule has 4 heteroatoms. The van der Waals surface area contributed by atoms with Crippen LogP contribution < -0.4 is 15.5 Å². The van der Waals surface area contributed by atoms with Crippen LogP contribution >= 0.6 is 0 Å². The van der Waals surface area contributed by atoms with E-state index >= 15 is 0 Å². The van der Waals surface area contributed by atoms with Crippen molar-refractivity contribution in [2.24, 2.45) is 5.92 Å². The lowest BCUT2D eigenvalue weighted by molar-refractivity contribution is -0.120. The van der Waals surface area contributed by atoms with Gasteiger partial charge in [0.25, 0.3) is 0 Å². The molecule has 2 rings (SSSR count). The van der Waals surface area contributed by atoms with Crippen molar-refractivity contribution in [3.05, 3.63) is 24.3 Å². The van der Waals surface area contributed by atoms with Crippen molar-refractivity contribution < 1.29 is 4.79 Å². The van der Waals surface area contributed by atoms with Crippen LogP contribution in [0.4, 0.5) is 11.4 Å². The molecule has 4 nitrogen and oxygen atoms in total. The second-order valence-electron chi connectivity index (χ2n) is 7.37. The number of amides is 1. The summed E-state index contributed by atoms with van der Waals surface area (Å²) < 4.78 is 0. The first kappa shape index (κ1) is 16.7. The van der Waals surface area contributed by atoms with Crippen molar-refractivity contribution >= 4 is 17.3 Å². The monoisotopic (exact) mass is 303 g/mol. The largest absolute Gasteiger partial charge is 0.376 e. The Morgan fingerprint density at radius 2 is 1.77 bits per heavy atom. The molecule has 0 aliphatic carbocycles. The predicted molar refractivity (Wildman–Crippen MR) is 93.4 cm³/mol. The van der Waals surface area contributed by atoms with Crippen molar-refractivity contribution in [2.45, 2.75) is 46.1 Å². The number of carbonyl (C=O) groups excluding carboxylic acids is 1. The fourth-order valence-corrected chi connectivity index (χ4v) is 2.70. The third-order valence-corrected chi connectivity index (χ3v) is 3.98. The van der Waals surface area contributed by atoms with Gasteiger partial charge in [-0.3, -0.25) is 4.79 Å². The highest BCUT2D eigenvalue weighted by atomic mass is 16.2. The number of hydrogen-bond donors (Lipinski definition) is 2. The lowest BCUT2D eigenvalue weighted by Crippen LogP contribution is -2.43. The van der Waals surface area contributed by atoms with E-state index in [1.807, 2.05) is 20.8 Å². The molecule has 1 aliphatic heterocycles. The van der Waals surface area contributed by atoms with Gasteiger partial charge in [-0.25, -0.2) is 0 Å². The minimum Gasteiger partial charge on any atom is -0.376 e. The zero-order valence-electron chi connectivity index (χ0n) is 14.3. The van der Waals surface area contributed by atoms with Gasteiger partial charge in [-0.05, 0) is 63.8 Å². The summed E-state index contributed by atoms with van der Waals surface area (Å²) in [6.07, 6.45) is 2.54.